The predicted molar refractivity (Wildman–Crippen MR) is 69.4 cm³/mol. The Morgan fingerprint density at radius 2 is 1.80 bits per heavy atom. The maximum absolute atomic E-state index is 3.60. The van der Waals surface area contributed by atoms with Gasteiger partial charge in [0.2, 0.25) is 0 Å². The van der Waals surface area contributed by atoms with Crippen LogP contribution in [-0.2, 0) is 0 Å². The molecule has 0 aliphatic carbocycles. The van der Waals surface area contributed by atoms with Gasteiger partial charge < -0.3 is 10.2 Å². The van der Waals surface area contributed by atoms with E-state index in [1.165, 1.54) is 32.2 Å². The summed E-state index contributed by atoms with van der Waals surface area (Å²) in [5.74, 6) is 0. The van der Waals surface area contributed by atoms with E-state index in [1.54, 1.807) is 0 Å². The second-order valence-electron chi connectivity index (χ2n) is 4.78. The van der Waals surface area contributed by atoms with E-state index in [2.05, 4.69) is 45.0 Å². The second-order valence-corrected chi connectivity index (χ2v) is 4.78. The van der Waals surface area contributed by atoms with Crippen LogP contribution in [0.5, 0.6) is 0 Å². The maximum atomic E-state index is 3.60. The molecule has 0 saturated heterocycles. The summed E-state index contributed by atoms with van der Waals surface area (Å²) in [7, 11) is 2.23. The largest absolute Gasteiger partial charge is 0.313 e. The molecular weight excluding hydrogens is 184 g/mol. The molecule has 2 atom stereocenters. The van der Waals surface area contributed by atoms with Crippen molar-refractivity contribution < 1.29 is 0 Å². The first-order valence-electron chi connectivity index (χ1n) is 6.55. The van der Waals surface area contributed by atoms with Gasteiger partial charge in [-0.2, -0.15) is 0 Å². The third kappa shape index (κ3) is 7.80. The summed E-state index contributed by atoms with van der Waals surface area (Å²) in [4.78, 5) is 2.45. The first-order chi connectivity index (χ1) is 7.11. The zero-order chi connectivity index (χ0) is 11.7. The number of nitrogens with zero attached hydrogens (tertiary/aromatic N) is 1. The Hall–Kier alpha value is -0.0800. The molecule has 0 radical (unpaired) electrons. The monoisotopic (exact) mass is 214 g/mol. The van der Waals surface area contributed by atoms with Crippen molar-refractivity contribution in [1.82, 2.24) is 10.2 Å². The molecular formula is C13H30N2. The molecule has 0 rings (SSSR count). The number of hydrogen-bond donors (Lipinski definition) is 1. The molecule has 0 bridgehead atoms. The van der Waals surface area contributed by atoms with E-state index in [9.17, 15) is 0 Å². The Bertz CT molecular complexity index is 136. The molecule has 0 aromatic heterocycles. The number of hydrogen-bond acceptors (Lipinski definition) is 2. The normalized spacial score (nSPS) is 15.6. The average Bonchev–Trinajstić information content (AvgIpc) is 2.22. The molecule has 2 nitrogen and oxygen atoms in total. The molecule has 0 aliphatic heterocycles. The highest BCUT2D eigenvalue weighted by molar-refractivity contribution is 4.69. The van der Waals surface area contributed by atoms with Crippen LogP contribution in [0.15, 0.2) is 0 Å². The van der Waals surface area contributed by atoms with Crippen molar-refractivity contribution in [1.29, 1.82) is 0 Å². The van der Waals surface area contributed by atoms with Crippen LogP contribution in [0, 0.1) is 0 Å². The fourth-order valence-electron chi connectivity index (χ4n) is 1.69. The molecule has 0 aromatic carbocycles. The summed E-state index contributed by atoms with van der Waals surface area (Å²) in [6.45, 7) is 11.4. The van der Waals surface area contributed by atoms with Crippen LogP contribution in [-0.4, -0.2) is 37.1 Å². The second kappa shape index (κ2) is 9.17. The number of rotatable bonds is 9. The SMILES string of the molecule is CCCCN(C)C(C)CNC(C)CCC. The van der Waals surface area contributed by atoms with Crippen molar-refractivity contribution in [2.45, 2.75) is 65.5 Å². The summed E-state index contributed by atoms with van der Waals surface area (Å²) in [5, 5.41) is 3.60. The summed E-state index contributed by atoms with van der Waals surface area (Å²) in [6.07, 6.45) is 5.15. The first-order valence-corrected chi connectivity index (χ1v) is 6.55. The maximum Gasteiger partial charge on any atom is 0.0189 e. The summed E-state index contributed by atoms with van der Waals surface area (Å²) in [5.41, 5.74) is 0. The Kier molecular flexibility index (Phi) is 9.12. The van der Waals surface area contributed by atoms with E-state index in [0.29, 0.717) is 12.1 Å². The Labute approximate surface area is 96.4 Å². The molecule has 2 unspecified atom stereocenters. The van der Waals surface area contributed by atoms with Crippen LogP contribution >= 0.6 is 0 Å². The van der Waals surface area contributed by atoms with Crippen LogP contribution in [0.3, 0.4) is 0 Å². The number of unbranched alkanes of at least 4 members (excludes halogenated alkanes) is 1. The molecule has 0 amide bonds. The minimum atomic E-state index is 0.649. The average molecular weight is 214 g/mol. The van der Waals surface area contributed by atoms with Crippen LogP contribution in [0.25, 0.3) is 0 Å². The smallest absolute Gasteiger partial charge is 0.0189 e. The minimum Gasteiger partial charge on any atom is -0.313 e. The van der Waals surface area contributed by atoms with E-state index in [-0.39, 0.29) is 0 Å². The quantitative estimate of drug-likeness (QED) is 0.635. The Morgan fingerprint density at radius 1 is 1.13 bits per heavy atom. The lowest BCUT2D eigenvalue weighted by Gasteiger charge is -2.26. The van der Waals surface area contributed by atoms with Gasteiger partial charge in [0.15, 0.2) is 0 Å². The van der Waals surface area contributed by atoms with Crippen molar-refractivity contribution in [2.24, 2.45) is 0 Å². The van der Waals surface area contributed by atoms with Gasteiger partial charge in [-0.3, -0.25) is 0 Å². The van der Waals surface area contributed by atoms with Gasteiger partial charge in [0, 0.05) is 18.6 Å². The molecule has 92 valence electrons. The topological polar surface area (TPSA) is 15.3 Å². The lowest BCUT2D eigenvalue weighted by atomic mass is 10.2. The Morgan fingerprint density at radius 3 is 2.33 bits per heavy atom. The summed E-state index contributed by atoms with van der Waals surface area (Å²) >= 11 is 0. The van der Waals surface area contributed by atoms with Crippen LogP contribution in [0.1, 0.15) is 53.4 Å². The van der Waals surface area contributed by atoms with Gasteiger partial charge in [-0.05, 0) is 40.3 Å². The van der Waals surface area contributed by atoms with Crippen LogP contribution in [0.4, 0.5) is 0 Å². The lowest BCUT2D eigenvalue weighted by molar-refractivity contribution is 0.241. The molecule has 0 aliphatic rings. The predicted octanol–water partition coefficient (Wildman–Crippen LogP) is 2.89. The molecule has 0 aromatic rings. The van der Waals surface area contributed by atoms with E-state index in [4.69, 9.17) is 0 Å². The fraction of sp³-hybridized carbons (Fsp3) is 1.00. The van der Waals surface area contributed by atoms with Gasteiger partial charge in [0.25, 0.3) is 0 Å². The number of likely N-dealkylation sites (N-methyl/N-ethyl adjacent to an activating group) is 1. The van der Waals surface area contributed by atoms with E-state index in [1.807, 2.05) is 0 Å². The van der Waals surface area contributed by atoms with Gasteiger partial charge in [-0.25, -0.2) is 0 Å². The molecule has 2 heteroatoms. The number of nitrogens with one attached hydrogen (secondary N) is 1. The molecule has 0 spiro atoms. The van der Waals surface area contributed by atoms with Gasteiger partial charge in [0.05, 0.1) is 0 Å². The zero-order valence-corrected chi connectivity index (χ0v) is 11.3. The van der Waals surface area contributed by atoms with E-state index in [0.717, 1.165) is 6.54 Å². The fourth-order valence-corrected chi connectivity index (χ4v) is 1.69. The third-order valence-corrected chi connectivity index (χ3v) is 3.10. The van der Waals surface area contributed by atoms with Gasteiger partial charge in [-0.15, -0.1) is 0 Å². The third-order valence-electron chi connectivity index (χ3n) is 3.10. The van der Waals surface area contributed by atoms with Crippen molar-refractivity contribution in [2.75, 3.05) is 20.1 Å². The minimum absolute atomic E-state index is 0.649. The highest BCUT2D eigenvalue weighted by atomic mass is 15.1. The summed E-state index contributed by atoms with van der Waals surface area (Å²) < 4.78 is 0. The summed E-state index contributed by atoms with van der Waals surface area (Å²) in [6, 6.07) is 1.31. The van der Waals surface area contributed by atoms with Crippen molar-refractivity contribution >= 4 is 0 Å². The van der Waals surface area contributed by atoms with Crippen molar-refractivity contribution in [3.63, 3.8) is 0 Å². The highest BCUT2D eigenvalue weighted by Crippen LogP contribution is 2.00. The van der Waals surface area contributed by atoms with Crippen molar-refractivity contribution in [3.8, 4) is 0 Å². The van der Waals surface area contributed by atoms with Crippen LogP contribution < -0.4 is 5.32 Å². The molecule has 1 N–H and O–H groups in total. The van der Waals surface area contributed by atoms with E-state index >= 15 is 0 Å². The Balaban J connectivity index is 3.57. The highest BCUT2D eigenvalue weighted by Gasteiger charge is 2.09. The van der Waals surface area contributed by atoms with Gasteiger partial charge >= 0.3 is 0 Å². The van der Waals surface area contributed by atoms with Crippen LogP contribution in [0.2, 0.25) is 0 Å². The molecule has 0 heterocycles. The molecule has 0 saturated carbocycles. The van der Waals surface area contributed by atoms with Gasteiger partial charge in [-0.1, -0.05) is 26.7 Å². The molecule has 15 heavy (non-hydrogen) atoms. The zero-order valence-electron chi connectivity index (χ0n) is 11.3. The lowest BCUT2D eigenvalue weighted by Crippen LogP contribution is -2.41. The van der Waals surface area contributed by atoms with Gasteiger partial charge in [0.1, 0.15) is 0 Å². The molecule has 0 fully saturated rings. The van der Waals surface area contributed by atoms with Crippen molar-refractivity contribution in [3.05, 3.63) is 0 Å². The van der Waals surface area contributed by atoms with E-state index < -0.39 is 0 Å². The first kappa shape index (κ1) is 14.9. The standard InChI is InChI=1S/C13H30N2/c1-6-8-10-15(5)13(4)11-14-12(3)9-7-2/h12-14H,6-11H2,1-5H3.